The second kappa shape index (κ2) is 7.75. The van der Waals surface area contributed by atoms with Gasteiger partial charge in [0.1, 0.15) is 5.82 Å². The van der Waals surface area contributed by atoms with Gasteiger partial charge in [-0.15, -0.1) is 0 Å². The quantitative estimate of drug-likeness (QED) is 0.642. The molecule has 134 valence electrons. The van der Waals surface area contributed by atoms with Crippen LogP contribution in [0.5, 0.6) is 0 Å². The van der Waals surface area contributed by atoms with E-state index in [-0.39, 0.29) is 11.9 Å². The molecule has 4 nitrogen and oxygen atoms in total. The van der Waals surface area contributed by atoms with E-state index < -0.39 is 0 Å². The van der Waals surface area contributed by atoms with E-state index >= 15 is 0 Å². The third kappa shape index (κ3) is 4.14. The van der Waals surface area contributed by atoms with E-state index in [0.29, 0.717) is 18.0 Å². The van der Waals surface area contributed by atoms with E-state index in [0.717, 1.165) is 28.0 Å². The summed E-state index contributed by atoms with van der Waals surface area (Å²) in [6.07, 6.45) is 0.308. The van der Waals surface area contributed by atoms with Crippen molar-refractivity contribution in [2.45, 2.75) is 32.9 Å². The van der Waals surface area contributed by atoms with E-state index in [2.05, 4.69) is 16.5 Å². The molecule has 26 heavy (non-hydrogen) atoms. The third-order valence-corrected chi connectivity index (χ3v) is 4.41. The highest BCUT2D eigenvalue weighted by atomic mass is 35.5. The monoisotopic (exact) mass is 367 g/mol. The third-order valence-electron chi connectivity index (χ3n) is 4.15. The van der Waals surface area contributed by atoms with Crippen LogP contribution in [0.3, 0.4) is 0 Å². The van der Waals surface area contributed by atoms with Crippen molar-refractivity contribution in [3.8, 4) is 0 Å². The number of fused-ring (bicyclic) bond motifs is 1. The number of hydrogen-bond donors (Lipinski definition) is 1. The first kappa shape index (κ1) is 18.2. The van der Waals surface area contributed by atoms with Gasteiger partial charge >= 0.3 is 0 Å². The number of carbonyl (C=O) groups is 1. The molecule has 0 aliphatic rings. The average molecular weight is 368 g/mol. The summed E-state index contributed by atoms with van der Waals surface area (Å²) < 4.78 is 2.12. The van der Waals surface area contributed by atoms with Crippen LogP contribution in [0.2, 0.25) is 5.02 Å². The van der Waals surface area contributed by atoms with Crippen molar-refractivity contribution < 1.29 is 4.79 Å². The molecule has 0 saturated carbocycles. The molecule has 5 heteroatoms. The Balaban J connectivity index is 1.80. The molecular formula is C21H22ClN3O. The molecular weight excluding hydrogens is 346 g/mol. The van der Waals surface area contributed by atoms with Gasteiger partial charge in [0.2, 0.25) is 5.91 Å². The number of amides is 1. The zero-order valence-corrected chi connectivity index (χ0v) is 15.8. The summed E-state index contributed by atoms with van der Waals surface area (Å²) in [5.74, 6) is 0.785. The first-order valence-electron chi connectivity index (χ1n) is 8.57. The van der Waals surface area contributed by atoms with Crippen molar-refractivity contribution in [2.75, 3.05) is 0 Å². The van der Waals surface area contributed by atoms with E-state index in [4.69, 9.17) is 16.6 Å². The van der Waals surface area contributed by atoms with Crippen molar-refractivity contribution in [3.63, 3.8) is 0 Å². The summed E-state index contributed by atoms with van der Waals surface area (Å²) in [6, 6.07) is 15.1. The highest BCUT2D eigenvalue weighted by molar-refractivity contribution is 6.30. The summed E-state index contributed by atoms with van der Waals surface area (Å²) in [5, 5.41) is 3.71. The summed E-state index contributed by atoms with van der Waals surface area (Å²) in [6.45, 7) is 8.63. The molecule has 0 aliphatic carbocycles. The van der Waals surface area contributed by atoms with E-state index in [9.17, 15) is 4.79 Å². The molecule has 1 heterocycles. The van der Waals surface area contributed by atoms with Crippen molar-refractivity contribution >= 4 is 28.5 Å². The van der Waals surface area contributed by atoms with Crippen LogP contribution in [0.1, 0.15) is 31.3 Å². The number of imidazole rings is 1. The smallest absolute Gasteiger partial charge is 0.224 e. The fourth-order valence-corrected chi connectivity index (χ4v) is 3.13. The standard InChI is InChI=1S/C21H22ClN3O/c1-14(2)13-25-19-7-5-4-6-18(19)24-21(25)15(3)23-20(26)12-16-8-10-17(22)11-9-16/h4-11,15H,1,12-13H2,2-3H3,(H,23,26). The summed E-state index contributed by atoms with van der Waals surface area (Å²) in [4.78, 5) is 17.2. The fourth-order valence-electron chi connectivity index (χ4n) is 3.01. The van der Waals surface area contributed by atoms with Gasteiger partial charge in [-0.1, -0.05) is 48.0 Å². The zero-order valence-electron chi connectivity index (χ0n) is 15.0. The Morgan fingerprint density at radius 2 is 1.92 bits per heavy atom. The lowest BCUT2D eigenvalue weighted by atomic mass is 10.1. The molecule has 3 aromatic rings. The number of para-hydroxylation sites is 2. The highest BCUT2D eigenvalue weighted by Gasteiger charge is 2.18. The minimum Gasteiger partial charge on any atom is -0.346 e. The molecule has 1 atom stereocenters. The van der Waals surface area contributed by atoms with Gasteiger partial charge in [-0.2, -0.15) is 0 Å². The number of allylic oxidation sites excluding steroid dienone is 1. The van der Waals surface area contributed by atoms with Gasteiger partial charge in [0.15, 0.2) is 0 Å². The van der Waals surface area contributed by atoms with E-state index in [1.165, 1.54) is 0 Å². The van der Waals surface area contributed by atoms with Gasteiger partial charge in [0, 0.05) is 11.6 Å². The topological polar surface area (TPSA) is 46.9 Å². The maximum absolute atomic E-state index is 12.4. The predicted molar refractivity (Wildman–Crippen MR) is 106 cm³/mol. The Labute approximate surface area is 158 Å². The van der Waals surface area contributed by atoms with E-state index in [1.54, 1.807) is 12.1 Å². The van der Waals surface area contributed by atoms with E-state index in [1.807, 2.05) is 50.2 Å². The van der Waals surface area contributed by atoms with Crippen molar-refractivity contribution in [1.82, 2.24) is 14.9 Å². The van der Waals surface area contributed by atoms with Crippen LogP contribution in [0.4, 0.5) is 0 Å². The first-order chi connectivity index (χ1) is 12.4. The summed E-state index contributed by atoms with van der Waals surface area (Å²) in [5.41, 5.74) is 3.93. The van der Waals surface area contributed by atoms with Crippen LogP contribution >= 0.6 is 11.6 Å². The van der Waals surface area contributed by atoms with Crippen molar-refractivity contribution in [1.29, 1.82) is 0 Å². The van der Waals surface area contributed by atoms with Crippen LogP contribution in [0.15, 0.2) is 60.7 Å². The normalized spacial score (nSPS) is 12.1. The molecule has 2 aromatic carbocycles. The summed E-state index contributed by atoms with van der Waals surface area (Å²) in [7, 11) is 0. The second-order valence-corrected chi connectivity index (χ2v) is 7.03. The Morgan fingerprint density at radius 3 is 2.62 bits per heavy atom. The largest absolute Gasteiger partial charge is 0.346 e. The zero-order chi connectivity index (χ0) is 18.7. The van der Waals surface area contributed by atoms with Crippen LogP contribution in [-0.4, -0.2) is 15.5 Å². The number of carbonyl (C=O) groups excluding carboxylic acids is 1. The SMILES string of the molecule is C=C(C)Cn1c(C(C)NC(=O)Cc2ccc(Cl)cc2)nc2ccccc21. The molecule has 0 fully saturated rings. The molecule has 0 spiro atoms. The Hall–Kier alpha value is -2.59. The molecule has 0 radical (unpaired) electrons. The molecule has 0 bridgehead atoms. The van der Waals surface area contributed by atoms with Crippen LogP contribution in [0.25, 0.3) is 11.0 Å². The number of halogens is 1. The number of nitrogens with zero attached hydrogens (tertiary/aromatic N) is 2. The first-order valence-corrected chi connectivity index (χ1v) is 8.95. The number of aromatic nitrogens is 2. The number of benzene rings is 2. The molecule has 1 N–H and O–H groups in total. The van der Waals surface area contributed by atoms with Gasteiger partial charge in [-0.05, 0) is 43.7 Å². The Morgan fingerprint density at radius 1 is 1.23 bits per heavy atom. The molecule has 1 aromatic heterocycles. The molecule has 0 aliphatic heterocycles. The lowest BCUT2D eigenvalue weighted by Crippen LogP contribution is -2.30. The maximum Gasteiger partial charge on any atom is 0.224 e. The Bertz CT molecular complexity index is 944. The fraction of sp³-hybridized carbons (Fsp3) is 0.238. The van der Waals surface area contributed by atoms with Crippen molar-refractivity contribution in [3.05, 3.63) is 77.1 Å². The average Bonchev–Trinajstić information content (AvgIpc) is 2.95. The number of hydrogen-bond acceptors (Lipinski definition) is 2. The lowest BCUT2D eigenvalue weighted by Gasteiger charge is -2.16. The van der Waals surface area contributed by atoms with Gasteiger partial charge in [-0.3, -0.25) is 4.79 Å². The molecule has 1 amide bonds. The van der Waals surface area contributed by atoms with Gasteiger partial charge < -0.3 is 9.88 Å². The minimum atomic E-state index is -0.207. The van der Waals surface area contributed by atoms with Gasteiger partial charge in [0.25, 0.3) is 0 Å². The lowest BCUT2D eigenvalue weighted by molar-refractivity contribution is -0.121. The van der Waals surface area contributed by atoms with Crippen LogP contribution in [-0.2, 0) is 17.8 Å². The van der Waals surface area contributed by atoms with Crippen molar-refractivity contribution in [2.24, 2.45) is 0 Å². The highest BCUT2D eigenvalue weighted by Crippen LogP contribution is 2.22. The molecule has 3 rings (SSSR count). The van der Waals surface area contributed by atoms with Crippen LogP contribution < -0.4 is 5.32 Å². The number of rotatable bonds is 6. The van der Waals surface area contributed by atoms with Gasteiger partial charge in [-0.25, -0.2) is 4.98 Å². The second-order valence-electron chi connectivity index (χ2n) is 6.59. The Kier molecular flexibility index (Phi) is 5.43. The minimum absolute atomic E-state index is 0.0475. The summed E-state index contributed by atoms with van der Waals surface area (Å²) >= 11 is 5.89. The predicted octanol–water partition coefficient (Wildman–Crippen LogP) is 4.69. The van der Waals surface area contributed by atoms with Gasteiger partial charge in [0.05, 0.1) is 23.5 Å². The maximum atomic E-state index is 12.4. The van der Waals surface area contributed by atoms with Crippen LogP contribution in [0, 0.1) is 0 Å². The molecule has 0 saturated heterocycles. The number of nitrogens with one attached hydrogen (secondary N) is 1. The molecule has 1 unspecified atom stereocenters.